The van der Waals surface area contributed by atoms with Gasteiger partial charge in [-0.3, -0.25) is 9.36 Å². The van der Waals surface area contributed by atoms with Gasteiger partial charge in [0.1, 0.15) is 0 Å². The first-order valence-corrected chi connectivity index (χ1v) is 12.0. The lowest BCUT2D eigenvalue weighted by molar-refractivity contribution is -0.120. The van der Waals surface area contributed by atoms with Crippen molar-refractivity contribution in [2.24, 2.45) is 11.8 Å². The van der Waals surface area contributed by atoms with Crippen molar-refractivity contribution in [3.8, 4) is 11.4 Å². The molecule has 2 saturated carbocycles. The Kier molecular flexibility index (Phi) is 5.31. The van der Waals surface area contributed by atoms with Gasteiger partial charge >= 0.3 is 0 Å². The number of aromatic nitrogens is 4. The van der Waals surface area contributed by atoms with Crippen molar-refractivity contribution in [1.29, 1.82) is 0 Å². The summed E-state index contributed by atoms with van der Waals surface area (Å²) in [5, 5.41) is 14.3. The van der Waals surface area contributed by atoms with Crippen molar-refractivity contribution < 1.29 is 4.79 Å². The molecule has 3 aromatic rings. The number of para-hydroxylation sites is 1. The zero-order valence-corrected chi connectivity index (χ0v) is 18.4. The fourth-order valence-corrected chi connectivity index (χ4v) is 5.46. The molecule has 2 aliphatic carbocycles. The molecule has 5 rings (SSSR count). The van der Waals surface area contributed by atoms with E-state index in [2.05, 4.69) is 51.0 Å². The van der Waals surface area contributed by atoms with Gasteiger partial charge in [-0.15, -0.1) is 10.2 Å². The monoisotopic (exact) mass is 423 g/mol. The van der Waals surface area contributed by atoms with Gasteiger partial charge in [-0.25, -0.2) is 0 Å². The minimum atomic E-state index is 0.102. The van der Waals surface area contributed by atoms with Gasteiger partial charge in [0.25, 0.3) is 0 Å². The Morgan fingerprint density at radius 3 is 2.87 bits per heavy atom. The van der Waals surface area contributed by atoms with E-state index >= 15 is 0 Å². The molecule has 2 aromatic heterocycles. The Labute approximate surface area is 181 Å². The number of fused-ring (bicyclic) bond motifs is 1. The summed E-state index contributed by atoms with van der Waals surface area (Å²) in [7, 11) is 0. The summed E-state index contributed by atoms with van der Waals surface area (Å²) in [5.41, 5.74) is 2.17. The predicted molar refractivity (Wildman–Crippen MR) is 120 cm³/mol. The third-order valence-electron chi connectivity index (χ3n) is 6.79. The topological polar surface area (TPSA) is 75.6 Å². The molecule has 158 valence electrons. The van der Waals surface area contributed by atoms with Crippen molar-refractivity contribution in [2.45, 2.75) is 63.2 Å². The van der Waals surface area contributed by atoms with Crippen LogP contribution in [0.1, 0.15) is 52.0 Å². The first-order valence-electron chi connectivity index (χ1n) is 11.1. The van der Waals surface area contributed by atoms with Crippen molar-refractivity contribution in [3.05, 3.63) is 30.5 Å². The molecule has 0 aliphatic heterocycles. The van der Waals surface area contributed by atoms with E-state index in [0.717, 1.165) is 46.7 Å². The van der Waals surface area contributed by atoms with Crippen LogP contribution in [0.4, 0.5) is 0 Å². The number of rotatable bonds is 6. The lowest BCUT2D eigenvalue weighted by Crippen LogP contribution is -2.44. The third kappa shape index (κ3) is 3.75. The molecule has 0 spiro atoms. The number of aromatic amines is 1. The molecule has 2 heterocycles. The number of carbonyl (C=O) groups is 1. The standard InChI is InChI=1S/C23H29N5OS/c1-14-6-5-9-19(15(14)2)25-21(29)13-30-23-27-26-22(28(23)16-10-11-16)18-12-24-20-8-4-3-7-17(18)20/h3-4,7-8,12,14-16,19,24H,5-6,9-11,13H2,1-2H3,(H,25,29). The fourth-order valence-electron chi connectivity index (χ4n) is 4.64. The molecular formula is C23H29N5OS. The van der Waals surface area contributed by atoms with Crippen LogP contribution >= 0.6 is 11.8 Å². The highest BCUT2D eigenvalue weighted by atomic mass is 32.2. The number of hydrogen-bond acceptors (Lipinski definition) is 4. The Morgan fingerprint density at radius 1 is 1.20 bits per heavy atom. The fraction of sp³-hybridized carbons (Fsp3) is 0.522. The summed E-state index contributed by atoms with van der Waals surface area (Å²) in [4.78, 5) is 16.0. The van der Waals surface area contributed by atoms with Crippen LogP contribution in [0.5, 0.6) is 0 Å². The molecule has 2 aliphatic rings. The predicted octanol–water partition coefficient (Wildman–Crippen LogP) is 4.79. The zero-order chi connectivity index (χ0) is 20.7. The molecule has 6 nitrogen and oxygen atoms in total. The zero-order valence-electron chi connectivity index (χ0n) is 17.6. The van der Waals surface area contributed by atoms with Crippen LogP contribution in [0, 0.1) is 11.8 Å². The average molecular weight is 424 g/mol. The van der Waals surface area contributed by atoms with Gasteiger partial charge in [-0.2, -0.15) is 0 Å². The number of H-pyrrole nitrogens is 1. The van der Waals surface area contributed by atoms with Gasteiger partial charge in [0.2, 0.25) is 5.91 Å². The summed E-state index contributed by atoms with van der Waals surface area (Å²) in [6.45, 7) is 4.56. The summed E-state index contributed by atoms with van der Waals surface area (Å²) in [6, 6.07) is 8.99. The minimum absolute atomic E-state index is 0.102. The third-order valence-corrected chi connectivity index (χ3v) is 7.74. The first kappa shape index (κ1) is 19.7. The van der Waals surface area contributed by atoms with Crippen LogP contribution < -0.4 is 5.32 Å². The van der Waals surface area contributed by atoms with Gasteiger partial charge in [0, 0.05) is 34.7 Å². The highest BCUT2D eigenvalue weighted by molar-refractivity contribution is 7.99. The molecule has 0 saturated heterocycles. The molecule has 0 radical (unpaired) electrons. The minimum Gasteiger partial charge on any atom is -0.360 e. The molecular weight excluding hydrogens is 394 g/mol. The molecule has 3 atom stereocenters. The molecule has 2 N–H and O–H groups in total. The second kappa shape index (κ2) is 8.10. The van der Waals surface area contributed by atoms with Crippen LogP contribution in [-0.4, -0.2) is 37.5 Å². The Morgan fingerprint density at radius 2 is 2.03 bits per heavy atom. The maximum absolute atomic E-state index is 12.6. The Hall–Kier alpha value is -2.28. The molecule has 7 heteroatoms. The molecule has 0 bridgehead atoms. The molecule has 1 aromatic carbocycles. The van der Waals surface area contributed by atoms with E-state index in [9.17, 15) is 4.79 Å². The molecule has 3 unspecified atom stereocenters. The van der Waals surface area contributed by atoms with Gasteiger partial charge in [0.05, 0.1) is 5.75 Å². The van der Waals surface area contributed by atoms with Crippen molar-refractivity contribution in [3.63, 3.8) is 0 Å². The van der Waals surface area contributed by atoms with Gasteiger partial charge in [-0.1, -0.05) is 56.7 Å². The maximum atomic E-state index is 12.6. The van der Waals surface area contributed by atoms with Gasteiger partial charge < -0.3 is 10.3 Å². The SMILES string of the molecule is CC1CCCC(NC(=O)CSc2nnc(-c3c[nH]c4ccccc34)n2C2CC2)C1C. The van der Waals surface area contributed by atoms with E-state index in [1.807, 2.05) is 18.3 Å². The van der Waals surface area contributed by atoms with Crippen molar-refractivity contribution in [1.82, 2.24) is 25.1 Å². The highest BCUT2D eigenvalue weighted by Gasteiger charge is 2.32. The van der Waals surface area contributed by atoms with Crippen LogP contribution in [0.15, 0.2) is 35.6 Å². The highest BCUT2D eigenvalue weighted by Crippen LogP contribution is 2.42. The van der Waals surface area contributed by atoms with E-state index < -0.39 is 0 Å². The molecule has 1 amide bonds. The van der Waals surface area contributed by atoms with E-state index in [4.69, 9.17) is 0 Å². The second-order valence-corrected chi connectivity index (χ2v) is 9.83. The lowest BCUT2D eigenvalue weighted by atomic mass is 9.78. The summed E-state index contributed by atoms with van der Waals surface area (Å²) in [5.74, 6) is 2.60. The normalized spacial score (nSPS) is 24.3. The summed E-state index contributed by atoms with van der Waals surface area (Å²) < 4.78 is 2.23. The van der Waals surface area contributed by atoms with Gasteiger partial charge in [-0.05, 0) is 37.2 Å². The smallest absolute Gasteiger partial charge is 0.230 e. The van der Waals surface area contributed by atoms with E-state index in [-0.39, 0.29) is 5.91 Å². The largest absolute Gasteiger partial charge is 0.360 e. The quantitative estimate of drug-likeness (QED) is 0.559. The lowest BCUT2D eigenvalue weighted by Gasteiger charge is -2.34. The Balaban J connectivity index is 1.32. The number of carbonyl (C=O) groups excluding carboxylic acids is 1. The van der Waals surface area contributed by atoms with Crippen molar-refractivity contribution >= 4 is 28.6 Å². The number of thioether (sulfide) groups is 1. The van der Waals surface area contributed by atoms with E-state index in [0.29, 0.717) is 29.7 Å². The number of benzene rings is 1. The number of hydrogen-bond donors (Lipinski definition) is 2. The number of nitrogens with zero attached hydrogens (tertiary/aromatic N) is 3. The van der Waals surface area contributed by atoms with Crippen LogP contribution in [0.25, 0.3) is 22.3 Å². The van der Waals surface area contributed by atoms with Crippen LogP contribution in [0.2, 0.25) is 0 Å². The average Bonchev–Trinajstić information content (AvgIpc) is 3.36. The number of amides is 1. The van der Waals surface area contributed by atoms with E-state index in [1.165, 1.54) is 24.6 Å². The molecule has 30 heavy (non-hydrogen) atoms. The summed E-state index contributed by atoms with van der Waals surface area (Å²) >= 11 is 1.50. The van der Waals surface area contributed by atoms with E-state index in [1.54, 1.807) is 0 Å². The summed E-state index contributed by atoms with van der Waals surface area (Å²) in [6.07, 6.45) is 7.86. The second-order valence-electron chi connectivity index (χ2n) is 8.89. The first-order chi connectivity index (χ1) is 14.6. The van der Waals surface area contributed by atoms with Gasteiger partial charge in [0.15, 0.2) is 11.0 Å². The van der Waals surface area contributed by atoms with Crippen LogP contribution in [-0.2, 0) is 4.79 Å². The van der Waals surface area contributed by atoms with Crippen LogP contribution in [0.3, 0.4) is 0 Å². The van der Waals surface area contributed by atoms with Crippen molar-refractivity contribution in [2.75, 3.05) is 5.75 Å². The maximum Gasteiger partial charge on any atom is 0.230 e. The molecule has 2 fully saturated rings. The number of nitrogens with one attached hydrogen (secondary N) is 2. The Bertz CT molecular complexity index is 1050.